The van der Waals surface area contributed by atoms with Crippen molar-refractivity contribution in [2.75, 3.05) is 13.1 Å². The number of rotatable bonds is 3. The minimum Gasteiger partial charge on any atom is -0.393 e. The van der Waals surface area contributed by atoms with Gasteiger partial charge in [-0.15, -0.1) is 0 Å². The molecular weight excluding hydrogens is 220 g/mol. The van der Waals surface area contributed by atoms with Crippen LogP contribution in [0.5, 0.6) is 0 Å². The molecule has 92 valence electrons. The average molecular weight is 242 g/mol. The van der Waals surface area contributed by atoms with Crippen LogP contribution >= 0.6 is 12.2 Å². The maximum atomic E-state index is 12.1. The molecule has 1 fully saturated rings. The Morgan fingerprint density at radius 2 is 1.81 bits per heavy atom. The van der Waals surface area contributed by atoms with Crippen molar-refractivity contribution in [2.24, 2.45) is 23.5 Å². The Bertz CT molecular complexity index is 270. The first-order valence-corrected chi connectivity index (χ1v) is 6.42. The van der Waals surface area contributed by atoms with Gasteiger partial charge in [-0.1, -0.05) is 33.0 Å². The highest BCUT2D eigenvalue weighted by Crippen LogP contribution is 2.21. The molecule has 0 aromatic heterocycles. The van der Waals surface area contributed by atoms with Crippen molar-refractivity contribution in [1.29, 1.82) is 0 Å². The average Bonchev–Trinajstić information content (AvgIpc) is 2.27. The Kier molecular flexibility index (Phi) is 4.71. The van der Waals surface area contributed by atoms with Crippen molar-refractivity contribution in [1.82, 2.24) is 4.90 Å². The topological polar surface area (TPSA) is 46.3 Å². The molecule has 2 N–H and O–H groups in total. The molecule has 1 unspecified atom stereocenters. The highest BCUT2D eigenvalue weighted by Gasteiger charge is 2.27. The number of likely N-dealkylation sites (tertiary alicyclic amines) is 1. The maximum Gasteiger partial charge on any atom is 0.225 e. The van der Waals surface area contributed by atoms with Gasteiger partial charge in [0.05, 0.1) is 4.99 Å². The summed E-state index contributed by atoms with van der Waals surface area (Å²) in [7, 11) is 0. The molecule has 4 heteroatoms. The van der Waals surface area contributed by atoms with E-state index in [1.807, 2.05) is 11.8 Å². The molecule has 0 radical (unpaired) electrons. The molecule has 0 aromatic rings. The van der Waals surface area contributed by atoms with Crippen LogP contribution in [0.2, 0.25) is 0 Å². The number of thiocarbonyl (C=S) groups is 1. The van der Waals surface area contributed by atoms with E-state index < -0.39 is 0 Å². The number of hydrogen-bond donors (Lipinski definition) is 1. The van der Waals surface area contributed by atoms with Gasteiger partial charge in [-0.25, -0.2) is 0 Å². The second-order valence-electron chi connectivity index (χ2n) is 5.03. The van der Waals surface area contributed by atoms with Gasteiger partial charge in [-0.05, 0) is 18.8 Å². The molecule has 16 heavy (non-hydrogen) atoms. The molecule has 3 nitrogen and oxygen atoms in total. The lowest BCUT2D eigenvalue weighted by atomic mass is 9.93. The Hall–Kier alpha value is -0.640. The van der Waals surface area contributed by atoms with Crippen molar-refractivity contribution in [3.8, 4) is 0 Å². The van der Waals surface area contributed by atoms with Gasteiger partial charge < -0.3 is 10.6 Å². The van der Waals surface area contributed by atoms with Gasteiger partial charge in [0.1, 0.15) is 0 Å². The summed E-state index contributed by atoms with van der Waals surface area (Å²) in [6, 6.07) is 0. The zero-order chi connectivity index (χ0) is 12.3. The molecule has 1 amide bonds. The van der Waals surface area contributed by atoms with E-state index in [4.69, 9.17) is 18.0 Å². The SMILES string of the molecule is CC(C)C(C)C(=O)N1CCC(C(N)=S)CC1. The fraction of sp³-hybridized carbons (Fsp3) is 0.833. The van der Waals surface area contributed by atoms with E-state index in [0.717, 1.165) is 25.9 Å². The third-order valence-electron chi connectivity index (χ3n) is 3.60. The Morgan fingerprint density at radius 3 is 2.19 bits per heavy atom. The predicted molar refractivity (Wildman–Crippen MR) is 70.1 cm³/mol. The number of nitrogens with two attached hydrogens (primary N) is 1. The second kappa shape index (κ2) is 5.62. The summed E-state index contributed by atoms with van der Waals surface area (Å²) in [6.45, 7) is 7.79. The van der Waals surface area contributed by atoms with Crippen molar-refractivity contribution < 1.29 is 4.79 Å². The molecular formula is C12H22N2OS. The van der Waals surface area contributed by atoms with E-state index >= 15 is 0 Å². The van der Waals surface area contributed by atoms with E-state index in [9.17, 15) is 4.79 Å². The van der Waals surface area contributed by atoms with Gasteiger partial charge in [0.15, 0.2) is 0 Å². The molecule has 1 aliphatic heterocycles. The van der Waals surface area contributed by atoms with Crippen LogP contribution in [0.3, 0.4) is 0 Å². The van der Waals surface area contributed by atoms with Crippen LogP contribution in [0.1, 0.15) is 33.6 Å². The van der Waals surface area contributed by atoms with Crippen LogP contribution in [-0.2, 0) is 4.79 Å². The first-order chi connectivity index (χ1) is 7.43. The highest BCUT2D eigenvalue weighted by atomic mass is 32.1. The largest absolute Gasteiger partial charge is 0.393 e. The van der Waals surface area contributed by atoms with Crippen LogP contribution < -0.4 is 5.73 Å². The van der Waals surface area contributed by atoms with Gasteiger partial charge in [0.2, 0.25) is 5.91 Å². The third kappa shape index (κ3) is 3.17. The second-order valence-corrected chi connectivity index (χ2v) is 5.51. The normalized spacial score (nSPS) is 19.9. The van der Waals surface area contributed by atoms with Gasteiger partial charge in [-0.2, -0.15) is 0 Å². The molecule has 1 atom stereocenters. The van der Waals surface area contributed by atoms with Crippen molar-refractivity contribution in [2.45, 2.75) is 33.6 Å². The van der Waals surface area contributed by atoms with Crippen LogP contribution in [-0.4, -0.2) is 28.9 Å². The van der Waals surface area contributed by atoms with Crippen molar-refractivity contribution >= 4 is 23.1 Å². The molecule has 0 spiro atoms. The van der Waals surface area contributed by atoms with E-state index in [0.29, 0.717) is 16.8 Å². The zero-order valence-corrected chi connectivity index (χ0v) is 11.2. The van der Waals surface area contributed by atoms with Gasteiger partial charge >= 0.3 is 0 Å². The lowest BCUT2D eigenvalue weighted by Gasteiger charge is -2.34. The third-order valence-corrected chi connectivity index (χ3v) is 3.93. The Morgan fingerprint density at radius 1 is 1.31 bits per heavy atom. The predicted octanol–water partition coefficient (Wildman–Crippen LogP) is 1.80. The van der Waals surface area contributed by atoms with Crippen LogP contribution in [0.4, 0.5) is 0 Å². The summed E-state index contributed by atoms with van der Waals surface area (Å²) < 4.78 is 0. The Labute approximate surface area is 103 Å². The molecule has 1 heterocycles. The first-order valence-electron chi connectivity index (χ1n) is 6.01. The summed E-state index contributed by atoms with van der Waals surface area (Å²) in [6.07, 6.45) is 1.85. The number of amides is 1. The minimum atomic E-state index is 0.112. The molecule has 0 bridgehead atoms. The van der Waals surface area contributed by atoms with Crippen molar-refractivity contribution in [3.63, 3.8) is 0 Å². The quantitative estimate of drug-likeness (QED) is 0.768. The van der Waals surface area contributed by atoms with E-state index in [1.54, 1.807) is 0 Å². The number of piperidine rings is 1. The van der Waals surface area contributed by atoms with Crippen LogP contribution in [0, 0.1) is 17.8 Å². The van der Waals surface area contributed by atoms with Crippen molar-refractivity contribution in [3.05, 3.63) is 0 Å². The van der Waals surface area contributed by atoms with Crippen LogP contribution in [0.15, 0.2) is 0 Å². The molecule has 1 aliphatic rings. The maximum absolute atomic E-state index is 12.1. The summed E-state index contributed by atoms with van der Waals surface area (Å²) >= 11 is 4.99. The standard InChI is InChI=1S/C12H22N2OS/c1-8(2)9(3)12(15)14-6-4-10(5-7-14)11(13)16/h8-10H,4-7H2,1-3H3,(H2,13,16). The van der Waals surface area contributed by atoms with Gasteiger partial charge in [-0.3, -0.25) is 4.79 Å². The smallest absolute Gasteiger partial charge is 0.225 e. The highest BCUT2D eigenvalue weighted by molar-refractivity contribution is 7.80. The monoisotopic (exact) mass is 242 g/mol. The molecule has 0 aliphatic carbocycles. The lowest BCUT2D eigenvalue weighted by Crippen LogP contribution is -2.44. The van der Waals surface area contributed by atoms with E-state index in [2.05, 4.69) is 13.8 Å². The fourth-order valence-electron chi connectivity index (χ4n) is 1.96. The number of nitrogens with zero attached hydrogens (tertiary/aromatic N) is 1. The molecule has 0 aromatic carbocycles. The zero-order valence-electron chi connectivity index (χ0n) is 10.4. The number of carbonyl (C=O) groups excluding carboxylic acids is 1. The fourth-order valence-corrected chi connectivity index (χ4v) is 2.19. The number of hydrogen-bond acceptors (Lipinski definition) is 2. The lowest BCUT2D eigenvalue weighted by molar-refractivity contribution is -0.137. The molecule has 1 saturated heterocycles. The summed E-state index contributed by atoms with van der Waals surface area (Å²) in [4.78, 5) is 14.6. The summed E-state index contributed by atoms with van der Waals surface area (Å²) in [5.41, 5.74) is 5.62. The van der Waals surface area contributed by atoms with E-state index in [1.165, 1.54) is 0 Å². The molecule has 0 saturated carbocycles. The summed E-state index contributed by atoms with van der Waals surface area (Å²) in [5, 5.41) is 0. The van der Waals surface area contributed by atoms with Crippen LogP contribution in [0.25, 0.3) is 0 Å². The van der Waals surface area contributed by atoms with Gasteiger partial charge in [0, 0.05) is 24.9 Å². The molecule has 1 rings (SSSR count). The van der Waals surface area contributed by atoms with Gasteiger partial charge in [0.25, 0.3) is 0 Å². The minimum absolute atomic E-state index is 0.112. The van der Waals surface area contributed by atoms with E-state index in [-0.39, 0.29) is 11.8 Å². The first kappa shape index (κ1) is 13.4. The number of carbonyl (C=O) groups is 1. The summed E-state index contributed by atoms with van der Waals surface area (Å²) in [5.74, 6) is 1.12. The Balaban J connectivity index is 2.47.